The van der Waals surface area contributed by atoms with Crippen LogP contribution in [0.5, 0.6) is 5.75 Å². The van der Waals surface area contributed by atoms with Crippen LogP contribution in [0.25, 0.3) is 6.08 Å². The Balaban J connectivity index is 2.82. The minimum Gasteiger partial charge on any atom is -0.496 e. The molecule has 4 nitrogen and oxygen atoms in total. The fraction of sp³-hybridized carbons (Fsp3) is 0.286. The third kappa shape index (κ3) is 4.79. The molecule has 1 aromatic rings. The van der Waals surface area contributed by atoms with Crippen molar-refractivity contribution in [3.63, 3.8) is 0 Å². The van der Waals surface area contributed by atoms with Gasteiger partial charge in [-0.3, -0.25) is 4.79 Å². The Bertz CT molecular complexity index is 494. The molecule has 0 amide bonds. The molecule has 0 aliphatic rings. The highest BCUT2D eigenvalue weighted by atomic mass is 32.2. The van der Waals surface area contributed by atoms with Crippen LogP contribution in [-0.4, -0.2) is 31.1 Å². The second-order valence-electron chi connectivity index (χ2n) is 3.66. The molecule has 0 saturated heterocycles. The summed E-state index contributed by atoms with van der Waals surface area (Å²) in [6, 6.07) is 5.20. The summed E-state index contributed by atoms with van der Waals surface area (Å²) in [5.41, 5.74) is 1.29. The van der Waals surface area contributed by atoms with Crippen LogP contribution >= 0.6 is 11.8 Å². The van der Waals surface area contributed by atoms with E-state index in [1.165, 1.54) is 32.9 Å². The van der Waals surface area contributed by atoms with Gasteiger partial charge in [0.2, 0.25) is 0 Å². The van der Waals surface area contributed by atoms with Crippen LogP contribution in [0.1, 0.15) is 22.8 Å². The Morgan fingerprint density at radius 1 is 1.32 bits per heavy atom. The maximum Gasteiger partial charge on any atom is 0.341 e. The minimum absolute atomic E-state index is 0.0864. The van der Waals surface area contributed by atoms with Crippen LogP contribution in [0, 0.1) is 0 Å². The molecule has 0 N–H and O–H groups in total. The molecule has 0 fully saturated rings. The monoisotopic (exact) mass is 280 g/mol. The molecule has 1 rings (SSSR count). The molecular formula is C14H16O4S. The van der Waals surface area contributed by atoms with Gasteiger partial charge >= 0.3 is 5.97 Å². The second kappa shape index (κ2) is 7.63. The summed E-state index contributed by atoms with van der Waals surface area (Å²) < 4.78 is 9.83. The van der Waals surface area contributed by atoms with Gasteiger partial charge in [0.1, 0.15) is 11.3 Å². The van der Waals surface area contributed by atoms with Gasteiger partial charge in [-0.1, -0.05) is 30.0 Å². The zero-order chi connectivity index (χ0) is 14.3. The van der Waals surface area contributed by atoms with E-state index in [1.807, 2.05) is 12.2 Å². The molecule has 0 aliphatic carbocycles. The van der Waals surface area contributed by atoms with E-state index >= 15 is 0 Å². The van der Waals surface area contributed by atoms with E-state index in [1.54, 1.807) is 18.2 Å². The van der Waals surface area contributed by atoms with Crippen molar-refractivity contribution in [3.05, 3.63) is 35.4 Å². The molecule has 0 atom stereocenters. The number of methoxy groups -OCH3 is 2. The number of rotatable bonds is 5. The molecule has 0 aliphatic heterocycles. The van der Waals surface area contributed by atoms with E-state index in [9.17, 15) is 9.59 Å². The summed E-state index contributed by atoms with van der Waals surface area (Å²) in [6.45, 7) is 1.53. The van der Waals surface area contributed by atoms with Crippen molar-refractivity contribution < 1.29 is 19.1 Å². The van der Waals surface area contributed by atoms with Crippen molar-refractivity contribution in [3.8, 4) is 5.75 Å². The lowest BCUT2D eigenvalue weighted by atomic mass is 10.1. The van der Waals surface area contributed by atoms with E-state index < -0.39 is 5.97 Å². The first-order valence-corrected chi connectivity index (χ1v) is 6.63. The molecule has 1 aromatic carbocycles. The van der Waals surface area contributed by atoms with Crippen molar-refractivity contribution in [1.29, 1.82) is 0 Å². The summed E-state index contributed by atoms with van der Waals surface area (Å²) in [7, 11) is 2.83. The van der Waals surface area contributed by atoms with Gasteiger partial charge in [0.15, 0.2) is 5.12 Å². The molecule has 19 heavy (non-hydrogen) atoms. The molecule has 0 saturated carbocycles. The Kier molecular flexibility index (Phi) is 6.15. The number of carbonyl (C=O) groups excluding carboxylic acids is 2. The van der Waals surface area contributed by atoms with E-state index in [0.717, 1.165) is 5.56 Å². The zero-order valence-electron chi connectivity index (χ0n) is 11.1. The maximum absolute atomic E-state index is 11.5. The van der Waals surface area contributed by atoms with Crippen LogP contribution in [0.2, 0.25) is 0 Å². The number of esters is 1. The fourth-order valence-corrected chi connectivity index (χ4v) is 1.87. The van der Waals surface area contributed by atoms with Gasteiger partial charge in [-0.25, -0.2) is 4.79 Å². The van der Waals surface area contributed by atoms with Crippen molar-refractivity contribution in [2.45, 2.75) is 6.92 Å². The van der Waals surface area contributed by atoms with Crippen LogP contribution in [0.15, 0.2) is 24.3 Å². The lowest BCUT2D eigenvalue weighted by Crippen LogP contribution is -2.04. The molecular weight excluding hydrogens is 264 g/mol. The van der Waals surface area contributed by atoms with Crippen LogP contribution in [0.4, 0.5) is 0 Å². The predicted octanol–water partition coefficient (Wildman–Crippen LogP) is 2.77. The van der Waals surface area contributed by atoms with Gasteiger partial charge in [0, 0.05) is 12.7 Å². The molecule has 0 unspecified atom stereocenters. The number of ether oxygens (including phenoxy) is 2. The van der Waals surface area contributed by atoms with E-state index in [2.05, 4.69) is 4.74 Å². The normalized spacial score (nSPS) is 10.5. The SMILES string of the molecule is COC(=O)c1ccc(C=CCSC(C)=O)cc1OC. The van der Waals surface area contributed by atoms with Gasteiger partial charge in [-0.05, 0) is 17.7 Å². The smallest absolute Gasteiger partial charge is 0.341 e. The Morgan fingerprint density at radius 3 is 2.63 bits per heavy atom. The number of carbonyl (C=O) groups is 2. The first kappa shape index (κ1) is 15.3. The first-order valence-electron chi connectivity index (χ1n) is 5.64. The third-order valence-electron chi connectivity index (χ3n) is 2.32. The van der Waals surface area contributed by atoms with Gasteiger partial charge in [-0.15, -0.1) is 0 Å². The number of benzene rings is 1. The van der Waals surface area contributed by atoms with Gasteiger partial charge in [0.25, 0.3) is 0 Å². The average Bonchev–Trinajstić information content (AvgIpc) is 2.42. The molecule has 0 heterocycles. The molecule has 0 radical (unpaired) electrons. The molecule has 5 heteroatoms. The lowest BCUT2D eigenvalue weighted by molar-refractivity contribution is -0.109. The first-order chi connectivity index (χ1) is 9.08. The summed E-state index contributed by atoms with van der Waals surface area (Å²) in [4.78, 5) is 22.2. The predicted molar refractivity (Wildman–Crippen MR) is 76.5 cm³/mol. The Morgan fingerprint density at radius 2 is 2.05 bits per heavy atom. The molecule has 102 valence electrons. The van der Waals surface area contributed by atoms with Crippen molar-refractivity contribution >= 4 is 28.9 Å². The fourth-order valence-electron chi connectivity index (χ4n) is 1.44. The van der Waals surface area contributed by atoms with E-state index in [-0.39, 0.29) is 5.12 Å². The summed E-state index contributed by atoms with van der Waals surface area (Å²) in [5, 5.41) is 0.0864. The highest BCUT2D eigenvalue weighted by Crippen LogP contribution is 2.22. The Labute approximate surface area is 116 Å². The Hall–Kier alpha value is -1.75. The minimum atomic E-state index is -0.431. The van der Waals surface area contributed by atoms with Crippen LogP contribution < -0.4 is 4.74 Å². The van der Waals surface area contributed by atoms with Crippen LogP contribution in [-0.2, 0) is 9.53 Å². The van der Waals surface area contributed by atoms with Gasteiger partial charge in [0.05, 0.1) is 14.2 Å². The zero-order valence-corrected chi connectivity index (χ0v) is 12.0. The highest BCUT2D eigenvalue weighted by Gasteiger charge is 2.12. The van der Waals surface area contributed by atoms with Gasteiger partial charge in [-0.2, -0.15) is 0 Å². The largest absolute Gasteiger partial charge is 0.496 e. The van der Waals surface area contributed by atoms with E-state index in [4.69, 9.17) is 4.74 Å². The molecule has 0 bridgehead atoms. The molecule has 0 aromatic heterocycles. The summed E-state index contributed by atoms with van der Waals surface area (Å²) in [5.74, 6) is 0.656. The number of thioether (sulfide) groups is 1. The van der Waals surface area contributed by atoms with Crippen molar-refractivity contribution in [2.24, 2.45) is 0 Å². The van der Waals surface area contributed by atoms with Crippen molar-refractivity contribution in [1.82, 2.24) is 0 Å². The lowest BCUT2D eigenvalue weighted by Gasteiger charge is -2.07. The molecule has 0 spiro atoms. The quantitative estimate of drug-likeness (QED) is 0.776. The third-order valence-corrected chi connectivity index (χ3v) is 3.09. The van der Waals surface area contributed by atoms with Gasteiger partial charge < -0.3 is 9.47 Å². The van der Waals surface area contributed by atoms with Crippen molar-refractivity contribution in [2.75, 3.05) is 20.0 Å². The van der Waals surface area contributed by atoms with Crippen LogP contribution in [0.3, 0.4) is 0 Å². The van der Waals surface area contributed by atoms with E-state index in [0.29, 0.717) is 17.1 Å². The standard InChI is InChI=1S/C14H16O4S/c1-10(15)19-8-4-5-11-6-7-12(14(16)18-3)13(9-11)17-2/h4-7,9H,8H2,1-3H3. The second-order valence-corrected chi connectivity index (χ2v) is 4.85. The number of hydrogen-bond donors (Lipinski definition) is 0. The average molecular weight is 280 g/mol. The topological polar surface area (TPSA) is 52.6 Å². The summed E-state index contributed by atoms with van der Waals surface area (Å²) in [6.07, 6.45) is 3.76. The maximum atomic E-state index is 11.5. The number of hydrogen-bond acceptors (Lipinski definition) is 5. The summed E-state index contributed by atoms with van der Waals surface area (Å²) >= 11 is 1.24. The highest BCUT2D eigenvalue weighted by molar-refractivity contribution is 8.13.